The first kappa shape index (κ1) is 31.1. The van der Waals surface area contributed by atoms with E-state index < -0.39 is 21.6 Å². The summed E-state index contributed by atoms with van der Waals surface area (Å²) in [7, 11) is 0.201. The van der Waals surface area contributed by atoms with E-state index in [1.54, 1.807) is 18.2 Å². The maximum Gasteiger partial charge on any atom is 0.349 e. The first-order valence-corrected chi connectivity index (χ1v) is 15.9. The zero-order valence-corrected chi connectivity index (χ0v) is 25.6. The summed E-state index contributed by atoms with van der Waals surface area (Å²) in [5.41, 5.74) is 1.71. The number of fused-ring (bicyclic) bond motifs is 2. The summed E-state index contributed by atoms with van der Waals surface area (Å²) in [6.07, 6.45) is 2.99. The highest BCUT2D eigenvalue weighted by molar-refractivity contribution is 7.89. The van der Waals surface area contributed by atoms with Crippen LogP contribution in [0.2, 0.25) is 0 Å². The molecule has 10 heteroatoms. The van der Waals surface area contributed by atoms with Crippen LogP contribution < -0.4 is 25.5 Å². The number of amides is 1. The summed E-state index contributed by atoms with van der Waals surface area (Å²) in [6.45, 7) is 6.54. The minimum atomic E-state index is -3.66. The number of anilines is 2. The topological polar surface area (TPSA) is 112 Å². The van der Waals surface area contributed by atoms with Crippen LogP contribution in [0, 0.1) is 0 Å². The van der Waals surface area contributed by atoms with Crippen molar-refractivity contribution in [2.75, 3.05) is 50.1 Å². The van der Waals surface area contributed by atoms with Gasteiger partial charge < -0.3 is 19.5 Å². The fourth-order valence-electron chi connectivity index (χ4n) is 5.12. The molecule has 0 aliphatic heterocycles. The number of unbranched alkanes of at least 4 members (excludes halogenated alkanes) is 3. The molecule has 0 unspecified atom stereocenters. The fraction of sp³-hybridized carbons (Fsp3) is 0.375. The minimum Gasteiger partial charge on any atom is -0.422 e. The second kappa shape index (κ2) is 13.8. The molecule has 0 saturated carbocycles. The smallest absolute Gasteiger partial charge is 0.349 e. The first-order chi connectivity index (χ1) is 20.2. The van der Waals surface area contributed by atoms with E-state index in [0.29, 0.717) is 42.3 Å². The average molecular weight is 593 g/mol. The molecule has 0 aliphatic rings. The van der Waals surface area contributed by atoms with Gasteiger partial charge in [-0.25, -0.2) is 17.9 Å². The van der Waals surface area contributed by atoms with Crippen molar-refractivity contribution < 1.29 is 17.6 Å². The monoisotopic (exact) mass is 592 g/mol. The highest BCUT2D eigenvalue weighted by Crippen LogP contribution is 2.30. The van der Waals surface area contributed by atoms with E-state index in [2.05, 4.69) is 28.8 Å². The van der Waals surface area contributed by atoms with Crippen LogP contribution in [0.15, 0.2) is 74.8 Å². The highest BCUT2D eigenvalue weighted by atomic mass is 32.2. The van der Waals surface area contributed by atoms with Crippen molar-refractivity contribution in [1.29, 1.82) is 0 Å². The molecule has 4 aromatic rings. The fourth-order valence-corrected chi connectivity index (χ4v) is 6.41. The molecule has 0 radical (unpaired) electrons. The van der Waals surface area contributed by atoms with Crippen LogP contribution in [0.25, 0.3) is 21.7 Å². The predicted octanol–water partition coefficient (Wildman–Crippen LogP) is 5.13. The summed E-state index contributed by atoms with van der Waals surface area (Å²) in [4.78, 5) is 29.5. The molecule has 0 aliphatic carbocycles. The second-order valence-corrected chi connectivity index (χ2v) is 12.2. The number of carbonyl (C=O) groups excluding carboxylic acids is 1. The lowest BCUT2D eigenvalue weighted by Gasteiger charge is -2.21. The molecule has 224 valence electrons. The maximum absolute atomic E-state index is 13.0. The number of hydrogen-bond acceptors (Lipinski definition) is 7. The number of hydrogen-bond donors (Lipinski definition) is 2. The van der Waals surface area contributed by atoms with Gasteiger partial charge in [0.1, 0.15) is 11.1 Å². The van der Waals surface area contributed by atoms with E-state index in [1.165, 1.54) is 0 Å². The molecule has 0 atom stereocenters. The van der Waals surface area contributed by atoms with Crippen molar-refractivity contribution in [1.82, 2.24) is 10.0 Å². The lowest BCUT2D eigenvalue weighted by atomic mass is 10.1. The van der Waals surface area contributed by atoms with Gasteiger partial charge >= 0.3 is 5.63 Å². The summed E-state index contributed by atoms with van der Waals surface area (Å²) in [6, 6.07) is 18.2. The molecule has 2 N–H and O–H groups in total. The standard InChI is InChI=1S/C32H40N4O5S/c1-5-36(6-2)24-18-17-23-21-27(32(38)41-29(23)22-24)31(37)33-19-9-7-8-10-20-34-42(39,40)30-16-12-13-25-26(30)14-11-15-28(25)35(3)4/h11-18,21-22,34H,5-10,19-20H2,1-4H3,(H,33,37). The number of sulfonamides is 1. The van der Waals surface area contributed by atoms with Crippen LogP contribution in [0.3, 0.4) is 0 Å². The van der Waals surface area contributed by atoms with E-state index in [-0.39, 0.29) is 10.5 Å². The van der Waals surface area contributed by atoms with Gasteiger partial charge in [-0.2, -0.15) is 0 Å². The third kappa shape index (κ3) is 7.11. The molecule has 42 heavy (non-hydrogen) atoms. The van der Waals surface area contributed by atoms with E-state index in [1.807, 2.05) is 61.5 Å². The molecule has 1 heterocycles. The van der Waals surface area contributed by atoms with Gasteiger partial charge in [0, 0.05) is 73.9 Å². The number of carbonyl (C=O) groups is 1. The summed E-state index contributed by atoms with van der Waals surface area (Å²) in [5, 5.41) is 5.07. The van der Waals surface area contributed by atoms with Crippen LogP contribution in [-0.4, -0.2) is 54.6 Å². The van der Waals surface area contributed by atoms with Gasteiger partial charge in [-0.15, -0.1) is 0 Å². The maximum atomic E-state index is 13.0. The molecule has 0 fully saturated rings. The molecule has 0 bridgehead atoms. The zero-order chi connectivity index (χ0) is 30.3. The van der Waals surface area contributed by atoms with Crippen LogP contribution in [-0.2, 0) is 10.0 Å². The van der Waals surface area contributed by atoms with Gasteiger partial charge in [-0.3, -0.25) is 4.79 Å². The molecular weight excluding hydrogens is 552 g/mol. The van der Waals surface area contributed by atoms with Crippen molar-refractivity contribution in [3.8, 4) is 0 Å². The van der Waals surface area contributed by atoms with Crippen LogP contribution in [0.4, 0.5) is 11.4 Å². The van der Waals surface area contributed by atoms with Gasteiger partial charge in [-0.05, 0) is 57.0 Å². The predicted molar refractivity (Wildman–Crippen MR) is 170 cm³/mol. The van der Waals surface area contributed by atoms with Crippen LogP contribution in [0.5, 0.6) is 0 Å². The summed E-state index contributed by atoms with van der Waals surface area (Å²) < 4.78 is 34.3. The van der Waals surface area contributed by atoms with Crippen LogP contribution in [0.1, 0.15) is 49.9 Å². The van der Waals surface area contributed by atoms with Gasteiger partial charge in [0.2, 0.25) is 10.0 Å². The molecule has 1 amide bonds. The molecule has 3 aromatic carbocycles. The Kier molecular flexibility index (Phi) is 10.2. The number of benzene rings is 3. The third-order valence-corrected chi connectivity index (χ3v) is 8.92. The van der Waals surface area contributed by atoms with E-state index in [0.717, 1.165) is 42.7 Å². The normalized spacial score (nSPS) is 11.6. The number of nitrogens with one attached hydrogen (secondary N) is 2. The molecular formula is C32H40N4O5S. The Morgan fingerprint density at radius 3 is 2.26 bits per heavy atom. The SMILES string of the molecule is CCN(CC)c1ccc2cc(C(=O)NCCCCCCNS(=O)(=O)c3cccc4c(N(C)C)cccc34)c(=O)oc2c1. The van der Waals surface area contributed by atoms with Gasteiger partial charge in [-0.1, -0.05) is 37.1 Å². The number of nitrogens with zero attached hydrogens (tertiary/aromatic N) is 2. The Hall–Kier alpha value is -3.89. The van der Waals surface area contributed by atoms with E-state index in [4.69, 9.17) is 4.42 Å². The Balaban J connectivity index is 1.23. The summed E-state index contributed by atoms with van der Waals surface area (Å²) in [5.74, 6) is -0.459. The molecule has 0 spiro atoms. The van der Waals surface area contributed by atoms with Gasteiger partial charge in [0.25, 0.3) is 5.91 Å². The van der Waals surface area contributed by atoms with Crippen molar-refractivity contribution >= 4 is 49.0 Å². The molecule has 4 rings (SSSR count). The average Bonchev–Trinajstić information content (AvgIpc) is 2.97. The lowest BCUT2D eigenvalue weighted by Crippen LogP contribution is -2.29. The molecule has 1 aromatic heterocycles. The van der Waals surface area contributed by atoms with Crippen molar-refractivity contribution in [2.24, 2.45) is 0 Å². The molecule has 0 saturated heterocycles. The quantitative estimate of drug-likeness (QED) is 0.154. The Bertz CT molecular complexity index is 1710. The molecule has 9 nitrogen and oxygen atoms in total. The third-order valence-electron chi connectivity index (χ3n) is 7.40. The zero-order valence-electron chi connectivity index (χ0n) is 24.8. The van der Waals surface area contributed by atoms with Crippen molar-refractivity contribution in [3.05, 3.63) is 76.6 Å². The van der Waals surface area contributed by atoms with Gasteiger partial charge in [0.15, 0.2) is 0 Å². The van der Waals surface area contributed by atoms with Crippen molar-refractivity contribution in [3.63, 3.8) is 0 Å². The van der Waals surface area contributed by atoms with Gasteiger partial charge in [0.05, 0.1) is 4.90 Å². The van der Waals surface area contributed by atoms with Crippen molar-refractivity contribution in [2.45, 2.75) is 44.4 Å². The first-order valence-electron chi connectivity index (χ1n) is 14.5. The summed E-state index contributed by atoms with van der Waals surface area (Å²) >= 11 is 0. The largest absolute Gasteiger partial charge is 0.422 e. The van der Waals surface area contributed by atoms with Crippen LogP contribution >= 0.6 is 0 Å². The Morgan fingerprint density at radius 2 is 1.55 bits per heavy atom. The van der Waals surface area contributed by atoms with E-state index >= 15 is 0 Å². The Labute approximate surface area is 247 Å². The van der Waals surface area contributed by atoms with E-state index in [9.17, 15) is 18.0 Å². The minimum absolute atomic E-state index is 0.0152. The highest BCUT2D eigenvalue weighted by Gasteiger charge is 2.18. The second-order valence-electron chi connectivity index (χ2n) is 10.4. The lowest BCUT2D eigenvalue weighted by molar-refractivity contribution is 0.0949. The Morgan fingerprint density at radius 1 is 0.857 bits per heavy atom. The number of rotatable bonds is 14.